The molecule has 1 aromatic heterocycles. The summed E-state index contributed by atoms with van der Waals surface area (Å²) in [7, 11) is 3.78. The van der Waals surface area contributed by atoms with E-state index in [0.717, 1.165) is 17.9 Å². The van der Waals surface area contributed by atoms with Gasteiger partial charge in [-0.1, -0.05) is 30.3 Å². The molecule has 1 aromatic carbocycles. The molecule has 0 saturated carbocycles. The fraction of sp³-hybridized carbons (Fsp3) is 0.375. The molecular weight excluding hydrogens is 339 g/mol. The zero-order valence-corrected chi connectivity index (χ0v) is 14.2. The number of nitrogens with one attached hydrogen (secondary N) is 1. The molecule has 0 fully saturated rings. The van der Waals surface area contributed by atoms with Crippen LogP contribution in [0.3, 0.4) is 0 Å². The maximum absolute atomic E-state index is 13.2. The van der Waals surface area contributed by atoms with Gasteiger partial charge in [-0.05, 0) is 27.1 Å². The van der Waals surface area contributed by atoms with Crippen LogP contribution in [-0.2, 0) is 6.18 Å². The number of thiazole rings is 1. The predicted octanol–water partition coefficient (Wildman–Crippen LogP) is 3.51. The molecule has 8 heteroatoms. The van der Waals surface area contributed by atoms with E-state index in [1.165, 1.54) is 0 Å². The summed E-state index contributed by atoms with van der Waals surface area (Å²) in [6, 6.07) is 8.52. The van der Waals surface area contributed by atoms with Crippen LogP contribution in [0.5, 0.6) is 0 Å². The average molecular weight is 357 g/mol. The zero-order valence-electron chi connectivity index (χ0n) is 13.4. The Morgan fingerprint density at radius 3 is 2.50 bits per heavy atom. The Bertz CT molecular complexity index is 684. The molecule has 0 aliphatic rings. The van der Waals surface area contributed by atoms with Crippen LogP contribution < -0.4 is 5.32 Å². The number of carbonyl (C=O) groups is 1. The second kappa shape index (κ2) is 7.76. The van der Waals surface area contributed by atoms with E-state index >= 15 is 0 Å². The van der Waals surface area contributed by atoms with Gasteiger partial charge in [-0.15, -0.1) is 11.3 Å². The van der Waals surface area contributed by atoms with E-state index in [1.807, 2.05) is 19.0 Å². The number of carbonyl (C=O) groups excluding carboxylic acids is 1. The second-order valence-corrected chi connectivity index (χ2v) is 6.47. The first kappa shape index (κ1) is 18.4. The summed E-state index contributed by atoms with van der Waals surface area (Å²) < 4.78 is 39.6. The van der Waals surface area contributed by atoms with Crippen molar-refractivity contribution in [3.05, 3.63) is 40.9 Å². The second-order valence-electron chi connectivity index (χ2n) is 5.47. The van der Waals surface area contributed by atoms with Crippen LogP contribution in [0, 0.1) is 0 Å². The minimum absolute atomic E-state index is 0.182. The molecule has 0 aliphatic carbocycles. The van der Waals surface area contributed by atoms with Gasteiger partial charge >= 0.3 is 6.18 Å². The van der Waals surface area contributed by atoms with Crippen molar-refractivity contribution in [1.29, 1.82) is 0 Å². The molecule has 0 spiro atoms. The highest BCUT2D eigenvalue weighted by atomic mass is 32.1. The molecule has 1 heterocycles. The number of rotatable bonds is 6. The number of hydrogen-bond acceptors (Lipinski definition) is 4. The SMILES string of the molecule is CN(C)CCCNC(=O)c1sc(-c2ccccc2)nc1C(F)(F)F. The van der Waals surface area contributed by atoms with E-state index < -0.39 is 22.7 Å². The minimum Gasteiger partial charge on any atom is -0.351 e. The lowest BCUT2D eigenvalue weighted by atomic mass is 10.2. The van der Waals surface area contributed by atoms with Gasteiger partial charge in [-0.2, -0.15) is 13.2 Å². The van der Waals surface area contributed by atoms with Crippen LogP contribution in [0.1, 0.15) is 21.8 Å². The molecule has 0 radical (unpaired) electrons. The third-order valence-electron chi connectivity index (χ3n) is 3.19. The van der Waals surface area contributed by atoms with E-state index in [-0.39, 0.29) is 5.01 Å². The fourth-order valence-corrected chi connectivity index (χ4v) is 3.05. The fourth-order valence-electron chi connectivity index (χ4n) is 2.05. The maximum atomic E-state index is 13.2. The Hall–Kier alpha value is -1.93. The summed E-state index contributed by atoms with van der Waals surface area (Å²) in [5.74, 6) is -0.735. The van der Waals surface area contributed by atoms with E-state index in [2.05, 4.69) is 10.3 Å². The van der Waals surface area contributed by atoms with E-state index in [4.69, 9.17) is 0 Å². The Kier molecular flexibility index (Phi) is 5.95. The molecular formula is C16H18F3N3OS. The van der Waals surface area contributed by atoms with Crippen molar-refractivity contribution < 1.29 is 18.0 Å². The van der Waals surface area contributed by atoms with Gasteiger partial charge in [0, 0.05) is 12.1 Å². The quantitative estimate of drug-likeness (QED) is 0.805. The molecule has 0 atom stereocenters. The topological polar surface area (TPSA) is 45.2 Å². The van der Waals surface area contributed by atoms with Crippen LogP contribution in [0.4, 0.5) is 13.2 Å². The predicted molar refractivity (Wildman–Crippen MR) is 88.1 cm³/mol. The molecule has 0 bridgehead atoms. The lowest BCUT2D eigenvalue weighted by Crippen LogP contribution is -2.28. The number of halogens is 3. The maximum Gasteiger partial charge on any atom is 0.435 e. The molecule has 2 rings (SSSR count). The highest BCUT2D eigenvalue weighted by Gasteiger charge is 2.39. The van der Waals surface area contributed by atoms with Crippen molar-refractivity contribution >= 4 is 17.2 Å². The molecule has 1 N–H and O–H groups in total. The van der Waals surface area contributed by atoms with Gasteiger partial charge < -0.3 is 10.2 Å². The van der Waals surface area contributed by atoms with Gasteiger partial charge in [0.1, 0.15) is 9.88 Å². The Balaban J connectivity index is 2.21. The minimum atomic E-state index is -4.67. The molecule has 130 valence electrons. The van der Waals surface area contributed by atoms with Crippen molar-refractivity contribution in [3.63, 3.8) is 0 Å². The number of hydrogen-bond donors (Lipinski definition) is 1. The average Bonchev–Trinajstić information content (AvgIpc) is 2.97. The molecule has 4 nitrogen and oxygen atoms in total. The highest BCUT2D eigenvalue weighted by Crippen LogP contribution is 2.37. The first-order chi connectivity index (χ1) is 11.3. The van der Waals surface area contributed by atoms with Crippen molar-refractivity contribution in [2.75, 3.05) is 27.2 Å². The van der Waals surface area contributed by atoms with Crippen molar-refractivity contribution in [1.82, 2.24) is 15.2 Å². The monoisotopic (exact) mass is 357 g/mol. The molecule has 2 aromatic rings. The highest BCUT2D eigenvalue weighted by molar-refractivity contribution is 7.17. The summed E-state index contributed by atoms with van der Waals surface area (Å²) >= 11 is 0.758. The van der Waals surface area contributed by atoms with Crippen molar-refractivity contribution in [2.45, 2.75) is 12.6 Å². The number of alkyl halides is 3. The molecule has 24 heavy (non-hydrogen) atoms. The number of aromatic nitrogens is 1. The summed E-state index contributed by atoms with van der Waals surface area (Å²) in [6.07, 6.45) is -4.01. The number of amides is 1. The lowest BCUT2D eigenvalue weighted by molar-refractivity contribution is -0.141. The zero-order chi connectivity index (χ0) is 17.7. The van der Waals surface area contributed by atoms with Gasteiger partial charge in [-0.25, -0.2) is 4.98 Å². The molecule has 0 aliphatic heterocycles. The summed E-state index contributed by atoms with van der Waals surface area (Å²) in [5, 5.41) is 2.72. The van der Waals surface area contributed by atoms with E-state index in [9.17, 15) is 18.0 Å². The van der Waals surface area contributed by atoms with E-state index in [0.29, 0.717) is 18.5 Å². The standard InChI is InChI=1S/C16H18F3N3OS/c1-22(2)10-6-9-20-14(23)12-13(16(17,18)19)21-15(24-12)11-7-4-3-5-8-11/h3-5,7-8H,6,9-10H2,1-2H3,(H,20,23). The summed E-state index contributed by atoms with van der Waals surface area (Å²) in [6.45, 7) is 1.05. The van der Waals surface area contributed by atoms with E-state index in [1.54, 1.807) is 30.3 Å². The number of benzene rings is 1. The third-order valence-corrected chi connectivity index (χ3v) is 4.29. The normalized spacial score (nSPS) is 11.8. The summed E-state index contributed by atoms with van der Waals surface area (Å²) in [4.78, 5) is 17.3. The Labute approximate surface area is 142 Å². The Morgan fingerprint density at radius 2 is 1.92 bits per heavy atom. The van der Waals surface area contributed by atoms with Gasteiger partial charge in [-0.3, -0.25) is 4.79 Å². The smallest absolute Gasteiger partial charge is 0.351 e. The number of nitrogens with zero attached hydrogens (tertiary/aromatic N) is 2. The first-order valence-corrected chi connectivity index (χ1v) is 8.17. The third kappa shape index (κ3) is 4.78. The van der Waals surface area contributed by atoms with Crippen LogP contribution in [0.15, 0.2) is 30.3 Å². The van der Waals surface area contributed by atoms with Crippen LogP contribution >= 0.6 is 11.3 Å². The van der Waals surface area contributed by atoms with Crippen molar-refractivity contribution in [3.8, 4) is 10.6 Å². The molecule has 0 unspecified atom stereocenters. The Morgan fingerprint density at radius 1 is 1.25 bits per heavy atom. The largest absolute Gasteiger partial charge is 0.435 e. The van der Waals surface area contributed by atoms with Gasteiger partial charge in [0.2, 0.25) is 0 Å². The van der Waals surface area contributed by atoms with Gasteiger partial charge in [0.15, 0.2) is 5.69 Å². The molecule has 1 amide bonds. The van der Waals surface area contributed by atoms with Crippen LogP contribution in [-0.4, -0.2) is 43.0 Å². The van der Waals surface area contributed by atoms with Crippen LogP contribution in [0.2, 0.25) is 0 Å². The van der Waals surface area contributed by atoms with Gasteiger partial charge in [0.05, 0.1) is 0 Å². The first-order valence-electron chi connectivity index (χ1n) is 7.35. The van der Waals surface area contributed by atoms with Crippen molar-refractivity contribution in [2.24, 2.45) is 0 Å². The van der Waals surface area contributed by atoms with Crippen LogP contribution in [0.25, 0.3) is 10.6 Å². The van der Waals surface area contributed by atoms with Gasteiger partial charge in [0.25, 0.3) is 5.91 Å². The molecule has 0 saturated heterocycles. The lowest BCUT2D eigenvalue weighted by Gasteiger charge is -2.10. The summed E-state index contributed by atoms with van der Waals surface area (Å²) in [5.41, 5.74) is -0.573.